The van der Waals surface area contributed by atoms with Crippen LogP contribution in [0.4, 0.5) is 0 Å². The molecule has 0 saturated carbocycles. The zero-order valence-corrected chi connectivity index (χ0v) is 13.7. The summed E-state index contributed by atoms with van der Waals surface area (Å²) < 4.78 is 10.2. The van der Waals surface area contributed by atoms with Crippen LogP contribution in [0.2, 0.25) is 0 Å². The topological polar surface area (TPSA) is 47.6 Å². The van der Waals surface area contributed by atoms with E-state index in [-0.39, 0.29) is 12.0 Å². The van der Waals surface area contributed by atoms with E-state index in [0.29, 0.717) is 12.5 Å². The SMILES string of the molecule is CCC(C)NC(CC(=O)OC)Cc1cc(C)ccc1OC. The predicted octanol–water partition coefficient (Wildman–Crippen LogP) is 2.87. The molecule has 1 N–H and O–H groups in total. The van der Waals surface area contributed by atoms with Crippen molar-refractivity contribution in [1.29, 1.82) is 0 Å². The summed E-state index contributed by atoms with van der Waals surface area (Å²) in [6.45, 7) is 6.30. The summed E-state index contributed by atoms with van der Waals surface area (Å²) in [7, 11) is 3.10. The average Bonchev–Trinajstić information content (AvgIpc) is 2.47. The van der Waals surface area contributed by atoms with Gasteiger partial charge in [-0.2, -0.15) is 0 Å². The summed E-state index contributed by atoms with van der Waals surface area (Å²) in [5.41, 5.74) is 2.30. The number of carbonyl (C=O) groups is 1. The van der Waals surface area contributed by atoms with Crippen LogP contribution < -0.4 is 10.1 Å². The van der Waals surface area contributed by atoms with Gasteiger partial charge < -0.3 is 14.8 Å². The zero-order valence-electron chi connectivity index (χ0n) is 13.7. The summed E-state index contributed by atoms with van der Waals surface area (Å²) in [6.07, 6.45) is 2.12. The van der Waals surface area contributed by atoms with Crippen LogP contribution >= 0.6 is 0 Å². The van der Waals surface area contributed by atoms with Gasteiger partial charge in [0.05, 0.1) is 20.6 Å². The molecule has 0 amide bonds. The average molecular weight is 293 g/mol. The number of rotatable bonds is 8. The molecular weight excluding hydrogens is 266 g/mol. The second-order valence-corrected chi connectivity index (χ2v) is 5.47. The van der Waals surface area contributed by atoms with Gasteiger partial charge in [0.1, 0.15) is 5.75 Å². The Hall–Kier alpha value is -1.55. The fourth-order valence-corrected chi connectivity index (χ4v) is 2.33. The van der Waals surface area contributed by atoms with E-state index in [1.807, 2.05) is 12.1 Å². The normalized spacial score (nSPS) is 13.6. The Kier molecular flexibility index (Phi) is 7.23. The number of nitrogens with one attached hydrogen (secondary N) is 1. The number of carbonyl (C=O) groups excluding carboxylic acids is 1. The van der Waals surface area contributed by atoms with Gasteiger partial charge in [0.15, 0.2) is 0 Å². The Morgan fingerprint density at radius 2 is 2.05 bits per heavy atom. The fourth-order valence-electron chi connectivity index (χ4n) is 2.33. The molecule has 4 nitrogen and oxygen atoms in total. The van der Waals surface area contributed by atoms with E-state index in [0.717, 1.165) is 24.2 Å². The molecule has 0 heterocycles. The summed E-state index contributed by atoms with van der Waals surface area (Å²) in [5, 5.41) is 3.49. The van der Waals surface area contributed by atoms with Gasteiger partial charge in [-0.15, -0.1) is 0 Å². The number of benzene rings is 1. The summed E-state index contributed by atoms with van der Waals surface area (Å²) >= 11 is 0. The quantitative estimate of drug-likeness (QED) is 0.749. The highest BCUT2D eigenvalue weighted by Gasteiger charge is 2.18. The molecule has 21 heavy (non-hydrogen) atoms. The van der Waals surface area contributed by atoms with Gasteiger partial charge in [0.25, 0.3) is 0 Å². The van der Waals surface area contributed by atoms with Gasteiger partial charge in [-0.05, 0) is 38.3 Å². The number of esters is 1. The highest BCUT2D eigenvalue weighted by Crippen LogP contribution is 2.22. The lowest BCUT2D eigenvalue weighted by molar-refractivity contribution is -0.141. The molecule has 1 aromatic rings. The van der Waals surface area contributed by atoms with Gasteiger partial charge in [-0.25, -0.2) is 0 Å². The number of hydrogen-bond acceptors (Lipinski definition) is 4. The Labute approximate surface area is 127 Å². The lowest BCUT2D eigenvalue weighted by Gasteiger charge is -2.23. The summed E-state index contributed by atoms with van der Waals surface area (Å²) in [5.74, 6) is 0.670. The molecular formula is C17H27NO3. The Bertz CT molecular complexity index is 459. The molecule has 0 spiro atoms. The monoisotopic (exact) mass is 293 g/mol. The van der Waals surface area contributed by atoms with Crippen molar-refractivity contribution in [3.05, 3.63) is 29.3 Å². The molecule has 0 saturated heterocycles. The molecule has 118 valence electrons. The number of hydrogen-bond donors (Lipinski definition) is 1. The van der Waals surface area contributed by atoms with E-state index in [2.05, 4.69) is 32.2 Å². The number of ether oxygens (including phenoxy) is 2. The van der Waals surface area contributed by atoms with Crippen molar-refractivity contribution in [2.24, 2.45) is 0 Å². The maximum atomic E-state index is 11.6. The molecule has 0 fully saturated rings. The largest absolute Gasteiger partial charge is 0.496 e. The molecule has 0 aliphatic rings. The van der Waals surface area contributed by atoms with Crippen molar-refractivity contribution < 1.29 is 14.3 Å². The van der Waals surface area contributed by atoms with Gasteiger partial charge >= 0.3 is 5.97 Å². The summed E-state index contributed by atoms with van der Waals surface area (Å²) in [4.78, 5) is 11.6. The summed E-state index contributed by atoms with van der Waals surface area (Å²) in [6, 6.07) is 6.52. The van der Waals surface area contributed by atoms with Crippen molar-refractivity contribution in [2.45, 2.75) is 52.1 Å². The molecule has 1 rings (SSSR count). The minimum atomic E-state index is -0.192. The Morgan fingerprint density at radius 3 is 2.62 bits per heavy atom. The highest BCUT2D eigenvalue weighted by molar-refractivity contribution is 5.70. The lowest BCUT2D eigenvalue weighted by atomic mass is 9.99. The third-order valence-electron chi connectivity index (χ3n) is 3.68. The minimum Gasteiger partial charge on any atom is -0.496 e. The predicted molar refractivity (Wildman–Crippen MR) is 84.7 cm³/mol. The van der Waals surface area contributed by atoms with Crippen LogP contribution in [-0.2, 0) is 16.0 Å². The number of aryl methyl sites for hydroxylation is 1. The van der Waals surface area contributed by atoms with Crippen LogP contribution in [0.3, 0.4) is 0 Å². The van der Waals surface area contributed by atoms with Crippen molar-refractivity contribution in [3.8, 4) is 5.75 Å². The number of methoxy groups -OCH3 is 2. The van der Waals surface area contributed by atoms with Crippen LogP contribution in [0.1, 0.15) is 37.8 Å². The zero-order chi connectivity index (χ0) is 15.8. The molecule has 0 aliphatic heterocycles. The van der Waals surface area contributed by atoms with Gasteiger partial charge in [0, 0.05) is 12.1 Å². The van der Waals surface area contributed by atoms with Crippen molar-refractivity contribution in [1.82, 2.24) is 5.32 Å². The second kappa shape index (κ2) is 8.67. The van der Waals surface area contributed by atoms with Crippen LogP contribution in [-0.4, -0.2) is 32.3 Å². The Balaban J connectivity index is 2.88. The smallest absolute Gasteiger partial charge is 0.307 e. The first-order valence-electron chi connectivity index (χ1n) is 7.46. The van der Waals surface area contributed by atoms with Crippen LogP contribution in [0, 0.1) is 6.92 Å². The van der Waals surface area contributed by atoms with Crippen LogP contribution in [0.25, 0.3) is 0 Å². The molecule has 0 aliphatic carbocycles. The molecule has 1 aromatic carbocycles. The van der Waals surface area contributed by atoms with E-state index < -0.39 is 0 Å². The van der Waals surface area contributed by atoms with Crippen molar-refractivity contribution >= 4 is 5.97 Å². The first-order valence-corrected chi connectivity index (χ1v) is 7.46. The van der Waals surface area contributed by atoms with Crippen molar-refractivity contribution in [2.75, 3.05) is 14.2 Å². The van der Waals surface area contributed by atoms with Gasteiger partial charge in [-0.1, -0.05) is 24.6 Å². The molecule has 0 radical (unpaired) electrons. The highest BCUT2D eigenvalue weighted by atomic mass is 16.5. The molecule has 0 aromatic heterocycles. The van der Waals surface area contributed by atoms with E-state index in [4.69, 9.17) is 9.47 Å². The maximum Gasteiger partial charge on any atom is 0.307 e. The van der Waals surface area contributed by atoms with Gasteiger partial charge in [0.2, 0.25) is 0 Å². The molecule has 2 unspecified atom stereocenters. The third kappa shape index (κ3) is 5.76. The maximum absolute atomic E-state index is 11.6. The fraction of sp³-hybridized carbons (Fsp3) is 0.588. The van der Waals surface area contributed by atoms with Crippen molar-refractivity contribution in [3.63, 3.8) is 0 Å². The second-order valence-electron chi connectivity index (χ2n) is 5.47. The molecule has 4 heteroatoms. The van der Waals surface area contributed by atoms with Crippen LogP contribution in [0.5, 0.6) is 5.75 Å². The Morgan fingerprint density at radius 1 is 1.33 bits per heavy atom. The minimum absolute atomic E-state index is 0.0445. The first kappa shape index (κ1) is 17.5. The van der Waals surface area contributed by atoms with E-state index in [1.54, 1.807) is 7.11 Å². The van der Waals surface area contributed by atoms with Gasteiger partial charge in [-0.3, -0.25) is 4.79 Å². The molecule has 2 atom stereocenters. The van der Waals surface area contributed by atoms with E-state index in [9.17, 15) is 4.79 Å². The first-order chi connectivity index (χ1) is 9.99. The van der Waals surface area contributed by atoms with E-state index >= 15 is 0 Å². The lowest BCUT2D eigenvalue weighted by Crippen LogP contribution is -2.39. The standard InChI is InChI=1S/C17H27NO3/c1-6-13(3)18-15(11-17(19)21-5)10-14-9-12(2)7-8-16(14)20-4/h7-9,13,15,18H,6,10-11H2,1-5H3. The molecule has 0 bridgehead atoms. The third-order valence-corrected chi connectivity index (χ3v) is 3.68. The van der Waals surface area contributed by atoms with Crippen LogP contribution in [0.15, 0.2) is 18.2 Å². The van der Waals surface area contributed by atoms with E-state index in [1.165, 1.54) is 12.7 Å².